The van der Waals surface area contributed by atoms with Crippen molar-refractivity contribution in [3.63, 3.8) is 0 Å². The molecule has 9 heteroatoms. The minimum Gasteiger partial charge on any atom is -0.494 e. The fraction of sp³-hybridized carbons (Fsp3) is 0.333. The third kappa shape index (κ3) is 6.26. The standard InChI is InChI=1S/C30H34N6O3/c1-4-38-25-12-13-27-23(18-25)17-24(30(37)31-27)19-35(15-14-22-9-6-5-7-10-22)28(21(2)3)29-32-33-34-36(29)20-26-11-8-16-39-26/h5-13,16-18,21,28H,4,14-15,19-20H2,1-3H3,(H,31,37)/t28-/m1/s1. The van der Waals surface area contributed by atoms with Gasteiger partial charge >= 0.3 is 0 Å². The molecule has 0 aliphatic heterocycles. The smallest absolute Gasteiger partial charge is 0.252 e. The fourth-order valence-electron chi connectivity index (χ4n) is 5.03. The van der Waals surface area contributed by atoms with Crippen molar-refractivity contribution in [2.24, 2.45) is 5.92 Å². The zero-order valence-corrected chi connectivity index (χ0v) is 22.6. The monoisotopic (exact) mass is 526 g/mol. The molecule has 9 nitrogen and oxygen atoms in total. The summed E-state index contributed by atoms with van der Waals surface area (Å²) >= 11 is 0. The van der Waals surface area contributed by atoms with Crippen molar-refractivity contribution in [1.29, 1.82) is 0 Å². The number of tetrazole rings is 1. The van der Waals surface area contributed by atoms with Gasteiger partial charge in [0.2, 0.25) is 0 Å². The molecule has 1 N–H and O–H groups in total. The number of aromatic amines is 1. The van der Waals surface area contributed by atoms with Gasteiger partial charge in [0.1, 0.15) is 18.1 Å². The molecule has 0 aliphatic rings. The molecule has 0 fully saturated rings. The zero-order chi connectivity index (χ0) is 27.2. The molecule has 5 rings (SSSR count). The third-order valence-electron chi connectivity index (χ3n) is 6.84. The Balaban J connectivity index is 1.51. The highest BCUT2D eigenvalue weighted by Gasteiger charge is 2.30. The SMILES string of the molecule is CCOc1ccc2[nH]c(=O)c(CN(CCc3ccccc3)[C@@H](c3nnnn3Cc3ccco3)C(C)C)cc2c1. The quantitative estimate of drug-likeness (QED) is 0.244. The number of pyridine rings is 1. The Morgan fingerprint density at radius 2 is 1.92 bits per heavy atom. The van der Waals surface area contributed by atoms with E-state index in [4.69, 9.17) is 9.15 Å². The summed E-state index contributed by atoms with van der Waals surface area (Å²) in [5.74, 6) is 2.47. The first kappa shape index (κ1) is 26.4. The second kappa shape index (κ2) is 12.1. The lowest BCUT2D eigenvalue weighted by atomic mass is 9.99. The molecule has 0 amide bonds. The van der Waals surface area contributed by atoms with Gasteiger partial charge in [-0.15, -0.1) is 5.10 Å². The van der Waals surface area contributed by atoms with E-state index in [1.165, 1.54) is 5.56 Å². The van der Waals surface area contributed by atoms with Crippen LogP contribution in [0.1, 0.15) is 49.5 Å². The average molecular weight is 527 g/mol. The Kier molecular flexibility index (Phi) is 8.17. The van der Waals surface area contributed by atoms with Crippen LogP contribution in [0.4, 0.5) is 0 Å². The molecule has 3 aromatic heterocycles. The van der Waals surface area contributed by atoms with E-state index >= 15 is 0 Å². The van der Waals surface area contributed by atoms with Crippen LogP contribution in [0.2, 0.25) is 0 Å². The Hall–Kier alpha value is -4.24. The van der Waals surface area contributed by atoms with Crippen LogP contribution >= 0.6 is 0 Å². The number of nitrogens with one attached hydrogen (secondary N) is 1. The van der Waals surface area contributed by atoms with E-state index in [0.29, 0.717) is 25.3 Å². The molecule has 0 saturated heterocycles. The first-order chi connectivity index (χ1) is 19.0. The number of nitrogens with zero attached hydrogens (tertiary/aromatic N) is 5. The molecular formula is C30H34N6O3. The van der Waals surface area contributed by atoms with Gasteiger partial charge in [0, 0.05) is 29.6 Å². The number of ether oxygens (including phenoxy) is 1. The van der Waals surface area contributed by atoms with Gasteiger partial charge in [-0.3, -0.25) is 9.69 Å². The van der Waals surface area contributed by atoms with Crippen molar-refractivity contribution in [3.8, 4) is 5.75 Å². The molecule has 1 atom stereocenters. The summed E-state index contributed by atoms with van der Waals surface area (Å²) < 4.78 is 13.0. The third-order valence-corrected chi connectivity index (χ3v) is 6.84. The lowest BCUT2D eigenvalue weighted by molar-refractivity contribution is 0.135. The van der Waals surface area contributed by atoms with Gasteiger partial charge in [0.25, 0.3) is 5.56 Å². The van der Waals surface area contributed by atoms with Crippen LogP contribution in [0.5, 0.6) is 5.75 Å². The van der Waals surface area contributed by atoms with Crippen molar-refractivity contribution in [2.75, 3.05) is 13.2 Å². The number of aromatic nitrogens is 5. The largest absolute Gasteiger partial charge is 0.494 e. The van der Waals surface area contributed by atoms with Crippen LogP contribution < -0.4 is 10.3 Å². The number of hydrogen-bond donors (Lipinski definition) is 1. The molecule has 0 bridgehead atoms. The molecule has 202 valence electrons. The Bertz CT molecular complexity index is 1540. The lowest BCUT2D eigenvalue weighted by Crippen LogP contribution is -2.37. The second-order valence-electron chi connectivity index (χ2n) is 9.97. The lowest BCUT2D eigenvalue weighted by Gasteiger charge is -2.33. The second-order valence-corrected chi connectivity index (χ2v) is 9.97. The predicted molar refractivity (Wildman–Crippen MR) is 149 cm³/mol. The maximum Gasteiger partial charge on any atom is 0.252 e. The molecule has 3 heterocycles. The molecule has 2 aromatic carbocycles. The van der Waals surface area contributed by atoms with Crippen LogP contribution in [-0.4, -0.2) is 43.2 Å². The Morgan fingerprint density at radius 3 is 2.67 bits per heavy atom. The molecular weight excluding hydrogens is 492 g/mol. The van der Waals surface area contributed by atoms with Crippen LogP contribution in [0.15, 0.2) is 82.2 Å². The summed E-state index contributed by atoms with van der Waals surface area (Å²) in [6, 6.07) is 21.7. The number of benzene rings is 2. The van der Waals surface area contributed by atoms with Crippen molar-refractivity contribution < 1.29 is 9.15 Å². The summed E-state index contributed by atoms with van der Waals surface area (Å²) in [6.45, 7) is 8.44. The van der Waals surface area contributed by atoms with E-state index in [9.17, 15) is 4.79 Å². The number of H-pyrrole nitrogens is 1. The summed E-state index contributed by atoms with van der Waals surface area (Å²) in [6.07, 6.45) is 2.47. The number of furan rings is 1. The van der Waals surface area contributed by atoms with Crippen LogP contribution in [0.3, 0.4) is 0 Å². The number of fused-ring (bicyclic) bond motifs is 1. The number of hydrogen-bond acceptors (Lipinski definition) is 7. The maximum atomic E-state index is 13.2. The molecule has 0 saturated carbocycles. The van der Waals surface area contributed by atoms with Gasteiger partial charge in [0.15, 0.2) is 5.82 Å². The van der Waals surface area contributed by atoms with Gasteiger partial charge < -0.3 is 14.1 Å². The van der Waals surface area contributed by atoms with Crippen LogP contribution in [-0.2, 0) is 19.5 Å². The fourth-order valence-corrected chi connectivity index (χ4v) is 5.03. The summed E-state index contributed by atoms with van der Waals surface area (Å²) in [7, 11) is 0. The van der Waals surface area contributed by atoms with E-state index in [2.05, 4.69) is 51.4 Å². The Morgan fingerprint density at radius 1 is 1.08 bits per heavy atom. The normalized spacial score (nSPS) is 12.4. The molecule has 0 aliphatic carbocycles. The average Bonchev–Trinajstić information content (AvgIpc) is 3.61. The van der Waals surface area contributed by atoms with E-state index in [1.54, 1.807) is 10.9 Å². The van der Waals surface area contributed by atoms with E-state index in [1.807, 2.05) is 61.5 Å². The van der Waals surface area contributed by atoms with E-state index in [0.717, 1.165) is 41.2 Å². The zero-order valence-electron chi connectivity index (χ0n) is 22.6. The van der Waals surface area contributed by atoms with Crippen molar-refractivity contribution >= 4 is 10.9 Å². The first-order valence-electron chi connectivity index (χ1n) is 13.4. The van der Waals surface area contributed by atoms with Gasteiger partial charge in [0.05, 0.1) is 18.9 Å². The topological polar surface area (TPSA) is 102 Å². The van der Waals surface area contributed by atoms with Gasteiger partial charge in [-0.2, -0.15) is 0 Å². The minimum atomic E-state index is -0.136. The molecule has 39 heavy (non-hydrogen) atoms. The van der Waals surface area contributed by atoms with Gasteiger partial charge in [-0.05, 0) is 71.7 Å². The molecule has 0 spiro atoms. The first-order valence-corrected chi connectivity index (χ1v) is 13.4. The van der Waals surface area contributed by atoms with Gasteiger partial charge in [-0.1, -0.05) is 44.2 Å². The maximum absolute atomic E-state index is 13.2. The molecule has 0 unspecified atom stereocenters. The molecule has 5 aromatic rings. The highest BCUT2D eigenvalue weighted by Crippen LogP contribution is 2.29. The predicted octanol–water partition coefficient (Wildman–Crippen LogP) is 5.00. The highest BCUT2D eigenvalue weighted by molar-refractivity contribution is 5.80. The van der Waals surface area contributed by atoms with Gasteiger partial charge in [-0.25, -0.2) is 4.68 Å². The van der Waals surface area contributed by atoms with E-state index in [-0.39, 0.29) is 17.5 Å². The van der Waals surface area contributed by atoms with Crippen LogP contribution in [0.25, 0.3) is 10.9 Å². The number of rotatable bonds is 12. The van der Waals surface area contributed by atoms with Crippen molar-refractivity contribution in [1.82, 2.24) is 30.1 Å². The minimum absolute atomic E-state index is 0.103. The van der Waals surface area contributed by atoms with Crippen LogP contribution in [0, 0.1) is 5.92 Å². The summed E-state index contributed by atoms with van der Waals surface area (Å²) in [4.78, 5) is 18.6. The highest BCUT2D eigenvalue weighted by atomic mass is 16.5. The molecule has 0 radical (unpaired) electrons. The van der Waals surface area contributed by atoms with Crippen molar-refractivity contribution in [2.45, 2.75) is 46.3 Å². The Labute approximate surface area is 227 Å². The van der Waals surface area contributed by atoms with E-state index < -0.39 is 0 Å². The summed E-state index contributed by atoms with van der Waals surface area (Å²) in [5, 5.41) is 13.7. The summed E-state index contributed by atoms with van der Waals surface area (Å²) in [5.41, 5.74) is 2.59. The van der Waals surface area contributed by atoms with Crippen molar-refractivity contribution in [3.05, 3.63) is 106 Å².